The van der Waals surface area contributed by atoms with E-state index < -0.39 is 0 Å². The molecule has 3 aromatic heterocycles. The Morgan fingerprint density at radius 1 is 1.13 bits per heavy atom. The zero-order valence-corrected chi connectivity index (χ0v) is 13.3. The van der Waals surface area contributed by atoms with Crippen molar-refractivity contribution in [1.82, 2.24) is 24.5 Å². The highest BCUT2D eigenvalue weighted by molar-refractivity contribution is 6.29. The Morgan fingerprint density at radius 3 is 2.74 bits per heavy atom. The minimum atomic E-state index is 0.429. The van der Waals surface area contributed by atoms with Gasteiger partial charge in [0.05, 0.1) is 24.0 Å². The number of rotatable bonds is 2. The van der Waals surface area contributed by atoms with Crippen LogP contribution in [0.15, 0.2) is 37.1 Å². The number of pyridine rings is 1. The van der Waals surface area contributed by atoms with Gasteiger partial charge in [0.1, 0.15) is 5.15 Å². The Morgan fingerprint density at radius 2 is 2.00 bits per heavy atom. The molecule has 4 rings (SSSR count). The highest BCUT2D eigenvalue weighted by Crippen LogP contribution is 2.35. The summed E-state index contributed by atoms with van der Waals surface area (Å²) < 4.78 is 3.74. The van der Waals surface area contributed by atoms with Gasteiger partial charge in [-0.1, -0.05) is 23.4 Å². The van der Waals surface area contributed by atoms with Crippen molar-refractivity contribution < 1.29 is 0 Å². The van der Waals surface area contributed by atoms with Gasteiger partial charge in [0.25, 0.3) is 0 Å². The Labute approximate surface area is 138 Å². The molecule has 114 valence electrons. The molecule has 0 N–H and O–H groups in total. The maximum Gasteiger partial charge on any atom is 0.130 e. The third-order valence-corrected chi connectivity index (χ3v) is 3.96. The van der Waals surface area contributed by atoms with Gasteiger partial charge in [-0.3, -0.25) is 9.36 Å². The molecule has 1 aliphatic carbocycles. The lowest BCUT2D eigenvalue weighted by Gasteiger charge is -2.02. The van der Waals surface area contributed by atoms with Crippen LogP contribution in [0.2, 0.25) is 5.15 Å². The Balaban J connectivity index is 1.73. The fourth-order valence-corrected chi connectivity index (χ4v) is 2.56. The highest BCUT2D eigenvalue weighted by atomic mass is 35.5. The molecule has 0 atom stereocenters. The van der Waals surface area contributed by atoms with E-state index in [0.29, 0.717) is 11.2 Å². The Kier molecular flexibility index (Phi) is 3.40. The minimum Gasteiger partial charge on any atom is -0.275 e. The molecule has 0 unspecified atom stereocenters. The summed E-state index contributed by atoms with van der Waals surface area (Å²) in [5.41, 5.74) is 3.65. The van der Waals surface area contributed by atoms with Crippen molar-refractivity contribution >= 4 is 11.6 Å². The van der Waals surface area contributed by atoms with Gasteiger partial charge < -0.3 is 0 Å². The van der Waals surface area contributed by atoms with Crippen molar-refractivity contribution in [2.45, 2.75) is 18.9 Å². The van der Waals surface area contributed by atoms with E-state index in [9.17, 15) is 0 Å². The topological polar surface area (TPSA) is 48.5 Å². The Hall–Kier alpha value is -2.58. The van der Waals surface area contributed by atoms with E-state index in [4.69, 9.17) is 11.6 Å². The van der Waals surface area contributed by atoms with Crippen LogP contribution >= 0.6 is 11.6 Å². The standard InChI is InChI=1S/C17H14ClN5/c1-22-10-12(7-20-22)2-3-13-6-17(18)19-9-16(13)14-8-21-23(11-14)15-4-5-15/h6-11,15H,4-5H2,1H3. The maximum atomic E-state index is 6.04. The van der Waals surface area contributed by atoms with Crippen LogP contribution in [0, 0.1) is 11.8 Å². The van der Waals surface area contributed by atoms with E-state index in [0.717, 1.165) is 22.3 Å². The van der Waals surface area contributed by atoms with E-state index in [1.54, 1.807) is 23.1 Å². The van der Waals surface area contributed by atoms with Gasteiger partial charge >= 0.3 is 0 Å². The second-order valence-electron chi connectivity index (χ2n) is 5.65. The number of aryl methyl sites for hydroxylation is 1. The molecule has 1 fully saturated rings. The predicted octanol–water partition coefficient (Wildman–Crippen LogP) is 3.07. The molecule has 0 radical (unpaired) electrons. The average molecular weight is 324 g/mol. The SMILES string of the molecule is Cn1cc(C#Cc2cc(Cl)ncc2-c2cnn(C3CC3)c2)cn1. The summed E-state index contributed by atoms with van der Waals surface area (Å²) in [5, 5.41) is 8.98. The maximum absolute atomic E-state index is 6.04. The number of halogens is 1. The lowest BCUT2D eigenvalue weighted by Crippen LogP contribution is -1.92. The van der Waals surface area contributed by atoms with Crippen LogP contribution in [0.3, 0.4) is 0 Å². The van der Waals surface area contributed by atoms with Gasteiger partial charge in [-0.05, 0) is 18.9 Å². The first-order valence-electron chi connectivity index (χ1n) is 7.40. The van der Waals surface area contributed by atoms with Crippen LogP contribution in [0.1, 0.15) is 30.0 Å². The molecule has 6 heteroatoms. The van der Waals surface area contributed by atoms with E-state index >= 15 is 0 Å². The molecular formula is C17H14ClN5. The van der Waals surface area contributed by atoms with Crippen LogP contribution in [0.4, 0.5) is 0 Å². The van der Waals surface area contributed by atoms with Gasteiger partial charge in [0.2, 0.25) is 0 Å². The van der Waals surface area contributed by atoms with Gasteiger partial charge in [-0.25, -0.2) is 4.98 Å². The normalized spacial score (nSPS) is 13.7. The molecule has 0 amide bonds. The second kappa shape index (κ2) is 5.56. The molecule has 0 bridgehead atoms. The van der Waals surface area contributed by atoms with Crippen molar-refractivity contribution in [3.63, 3.8) is 0 Å². The van der Waals surface area contributed by atoms with Gasteiger partial charge in [-0.15, -0.1) is 0 Å². The average Bonchev–Trinajstić information content (AvgIpc) is 3.12. The molecule has 23 heavy (non-hydrogen) atoms. The van der Waals surface area contributed by atoms with Crippen LogP contribution in [0.5, 0.6) is 0 Å². The number of hydrogen-bond acceptors (Lipinski definition) is 3. The molecule has 0 aromatic carbocycles. The molecule has 0 saturated heterocycles. The van der Waals surface area contributed by atoms with E-state index in [2.05, 4.69) is 33.2 Å². The third kappa shape index (κ3) is 2.99. The lowest BCUT2D eigenvalue weighted by molar-refractivity contribution is 0.642. The lowest BCUT2D eigenvalue weighted by atomic mass is 10.1. The second-order valence-corrected chi connectivity index (χ2v) is 6.03. The number of hydrogen-bond donors (Lipinski definition) is 0. The Bertz CT molecular complexity index is 924. The summed E-state index contributed by atoms with van der Waals surface area (Å²) in [6.45, 7) is 0. The summed E-state index contributed by atoms with van der Waals surface area (Å²) in [4.78, 5) is 4.19. The first kappa shape index (κ1) is 14.0. The number of aromatic nitrogens is 5. The van der Waals surface area contributed by atoms with Crippen LogP contribution < -0.4 is 0 Å². The van der Waals surface area contributed by atoms with E-state index in [-0.39, 0.29) is 0 Å². The summed E-state index contributed by atoms with van der Waals surface area (Å²) >= 11 is 6.04. The molecule has 1 saturated carbocycles. The van der Waals surface area contributed by atoms with Crippen molar-refractivity contribution in [2.75, 3.05) is 0 Å². The van der Waals surface area contributed by atoms with Gasteiger partial charge in [0, 0.05) is 42.3 Å². The first-order chi connectivity index (χ1) is 11.2. The number of nitrogens with zero attached hydrogens (tertiary/aromatic N) is 5. The molecule has 0 spiro atoms. The van der Waals surface area contributed by atoms with Crippen molar-refractivity contribution in [3.8, 4) is 23.0 Å². The zero-order valence-electron chi connectivity index (χ0n) is 12.6. The molecule has 1 aliphatic rings. The van der Waals surface area contributed by atoms with Crippen LogP contribution in [-0.4, -0.2) is 24.5 Å². The van der Waals surface area contributed by atoms with Crippen LogP contribution in [0.25, 0.3) is 11.1 Å². The first-order valence-corrected chi connectivity index (χ1v) is 7.77. The van der Waals surface area contributed by atoms with Crippen LogP contribution in [-0.2, 0) is 7.05 Å². The molecule has 3 aromatic rings. The monoisotopic (exact) mass is 323 g/mol. The molecule has 3 heterocycles. The largest absolute Gasteiger partial charge is 0.275 e. The summed E-state index contributed by atoms with van der Waals surface area (Å²) in [6, 6.07) is 2.34. The quantitative estimate of drug-likeness (QED) is 0.538. The fourth-order valence-electron chi connectivity index (χ4n) is 2.40. The van der Waals surface area contributed by atoms with E-state index in [1.165, 1.54) is 12.8 Å². The molecular weight excluding hydrogens is 310 g/mol. The van der Waals surface area contributed by atoms with Gasteiger partial charge in [0.15, 0.2) is 0 Å². The van der Waals surface area contributed by atoms with Crippen molar-refractivity contribution in [1.29, 1.82) is 0 Å². The van der Waals surface area contributed by atoms with Gasteiger partial charge in [-0.2, -0.15) is 10.2 Å². The predicted molar refractivity (Wildman–Crippen MR) is 87.9 cm³/mol. The zero-order chi connectivity index (χ0) is 15.8. The summed E-state index contributed by atoms with van der Waals surface area (Å²) in [5.74, 6) is 6.29. The minimum absolute atomic E-state index is 0.429. The highest BCUT2D eigenvalue weighted by Gasteiger charge is 2.24. The summed E-state index contributed by atoms with van der Waals surface area (Å²) in [6.07, 6.45) is 11.7. The molecule has 5 nitrogen and oxygen atoms in total. The van der Waals surface area contributed by atoms with E-state index in [1.807, 2.05) is 24.1 Å². The smallest absolute Gasteiger partial charge is 0.130 e. The fraction of sp³-hybridized carbons (Fsp3) is 0.235. The van der Waals surface area contributed by atoms with Crippen molar-refractivity contribution in [3.05, 3.63) is 53.3 Å². The van der Waals surface area contributed by atoms with Crippen molar-refractivity contribution in [2.24, 2.45) is 7.05 Å². The molecule has 0 aliphatic heterocycles. The summed E-state index contributed by atoms with van der Waals surface area (Å²) in [7, 11) is 1.87. The third-order valence-electron chi connectivity index (χ3n) is 3.75.